The largest absolute Gasteiger partial charge is 0.464 e. The number of furan rings is 1. The molecular formula is C17H22N2O4. The Balaban J connectivity index is 1.99. The zero-order chi connectivity index (χ0) is 17.2. The van der Waals surface area contributed by atoms with Crippen LogP contribution in [0.4, 0.5) is 4.79 Å². The van der Waals surface area contributed by atoms with Crippen LogP contribution in [-0.4, -0.2) is 17.6 Å². The predicted molar refractivity (Wildman–Crippen MR) is 86.9 cm³/mol. The van der Waals surface area contributed by atoms with Crippen LogP contribution in [0.1, 0.15) is 37.5 Å². The molecule has 0 aliphatic carbocycles. The Hall–Kier alpha value is -2.50. The van der Waals surface area contributed by atoms with Crippen molar-refractivity contribution < 1.29 is 18.7 Å². The number of carbonyl (C=O) groups excluding carboxylic acids is 2. The van der Waals surface area contributed by atoms with Crippen molar-refractivity contribution in [2.45, 2.75) is 46.6 Å². The van der Waals surface area contributed by atoms with Crippen LogP contribution in [0.25, 0.3) is 11.0 Å². The van der Waals surface area contributed by atoms with Crippen LogP contribution < -0.4 is 10.9 Å². The Labute approximate surface area is 135 Å². The van der Waals surface area contributed by atoms with Crippen LogP contribution in [-0.2, 0) is 16.0 Å². The van der Waals surface area contributed by atoms with Crippen molar-refractivity contribution in [1.29, 1.82) is 0 Å². The monoisotopic (exact) mass is 318 g/mol. The van der Waals surface area contributed by atoms with Crippen molar-refractivity contribution in [3.8, 4) is 0 Å². The quantitative estimate of drug-likeness (QED) is 0.834. The fraction of sp³-hybridized carbons (Fsp3) is 0.412. The van der Waals surface area contributed by atoms with Gasteiger partial charge in [0.1, 0.15) is 11.2 Å². The maximum Gasteiger partial charge on any atom is 0.426 e. The van der Waals surface area contributed by atoms with Gasteiger partial charge in [-0.1, -0.05) is 12.1 Å². The fourth-order valence-corrected chi connectivity index (χ4v) is 2.17. The molecule has 0 aliphatic heterocycles. The number of hydrogen-bond acceptors (Lipinski definition) is 4. The third-order valence-electron chi connectivity index (χ3n) is 3.40. The van der Waals surface area contributed by atoms with Gasteiger partial charge in [-0.25, -0.2) is 10.2 Å². The summed E-state index contributed by atoms with van der Waals surface area (Å²) in [5.74, 6) is -0.350. The van der Waals surface area contributed by atoms with Gasteiger partial charge in [-0.15, -0.1) is 0 Å². The highest BCUT2D eigenvalue weighted by molar-refractivity contribution is 5.90. The second-order valence-corrected chi connectivity index (χ2v) is 6.50. The van der Waals surface area contributed by atoms with Gasteiger partial charge in [-0.2, -0.15) is 0 Å². The number of nitrogens with one attached hydrogen (secondary N) is 2. The molecule has 0 aliphatic rings. The van der Waals surface area contributed by atoms with E-state index in [4.69, 9.17) is 9.15 Å². The van der Waals surface area contributed by atoms with E-state index in [1.54, 1.807) is 27.0 Å². The first-order valence-electron chi connectivity index (χ1n) is 7.41. The van der Waals surface area contributed by atoms with E-state index >= 15 is 0 Å². The third kappa shape index (κ3) is 4.25. The molecule has 2 aromatic rings. The van der Waals surface area contributed by atoms with E-state index in [0.29, 0.717) is 0 Å². The average Bonchev–Trinajstić information content (AvgIpc) is 2.82. The van der Waals surface area contributed by atoms with Crippen molar-refractivity contribution in [2.24, 2.45) is 0 Å². The van der Waals surface area contributed by atoms with Crippen molar-refractivity contribution >= 4 is 23.0 Å². The van der Waals surface area contributed by atoms with E-state index in [1.807, 2.05) is 26.0 Å². The predicted octanol–water partition coefficient (Wildman–Crippen LogP) is 3.15. The lowest BCUT2D eigenvalue weighted by atomic mass is 10.0. The Morgan fingerprint density at radius 1 is 1.17 bits per heavy atom. The molecule has 0 spiro atoms. The molecule has 124 valence electrons. The summed E-state index contributed by atoms with van der Waals surface area (Å²) in [5.41, 5.74) is 7.68. The third-order valence-corrected chi connectivity index (χ3v) is 3.40. The Morgan fingerprint density at radius 2 is 1.87 bits per heavy atom. The minimum Gasteiger partial charge on any atom is -0.464 e. The molecule has 0 saturated carbocycles. The van der Waals surface area contributed by atoms with Crippen LogP contribution in [0.5, 0.6) is 0 Å². The Bertz CT molecular complexity index is 741. The van der Waals surface area contributed by atoms with Gasteiger partial charge in [0, 0.05) is 10.9 Å². The number of fused-ring (bicyclic) bond motifs is 1. The first-order valence-corrected chi connectivity index (χ1v) is 7.41. The molecule has 1 aromatic heterocycles. The second-order valence-electron chi connectivity index (χ2n) is 6.50. The summed E-state index contributed by atoms with van der Waals surface area (Å²) in [5, 5.41) is 0.903. The van der Waals surface area contributed by atoms with E-state index in [0.717, 1.165) is 27.7 Å². The Morgan fingerprint density at radius 3 is 2.52 bits per heavy atom. The molecule has 6 heteroatoms. The van der Waals surface area contributed by atoms with Gasteiger partial charge >= 0.3 is 6.09 Å². The molecule has 2 amide bonds. The van der Waals surface area contributed by atoms with Crippen molar-refractivity contribution in [3.63, 3.8) is 0 Å². The lowest BCUT2D eigenvalue weighted by molar-refractivity contribution is -0.121. The maximum absolute atomic E-state index is 12.0. The van der Waals surface area contributed by atoms with Crippen molar-refractivity contribution in [1.82, 2.24) is 10.9 Å². The first-order chi connectivity index (χ1) is 10.7. The molecule has 0 bridgehead atoms. The van der Waals surface area contributed by atoms with Crippen LogP contribution in [0.2, 0.25) is 0 Å². The number of hydrogen-bond donors (Lipinski definition) is 2. The average molecular weight is 318 g/mol. The molecule has 23 heavy (non-hydrogen) atoms. The summed E-state index contributed by atoms with van der Waals surface area (Å²) in [6.45, 7) is 9.23. The molecule has 1 heterocycles. The van der Waals surface area contributed by atoms with Gasteiger partial charge in [0.15, 0.2) is 0 Å². The summed E-state index contributed by atoms with van der Waals surface area (Å²) in [4.78, 5) is 23.4. The topological polar surface area (TPSA) is 80.6 Å². The van der Waals surface area contributed by atoms with E-state index in [1.165, 1.54) is 0 Å². The molecule has 0 atom stereocenters. The summed E-state index contributed by atoms with van der Waals surface area (Å²) < 4.78 is 10.6. The van der Waals surface area contributed by atoms with Crippen LogP contribution in [0.15, 0.2) is 22.8 Å². The number of rotatable bonds is 2. The second kappa shape index (κ2) is 6.32. The van der Waals surface area contributed by atoms with Crippen LogP contribution in [0.3, 0.4) is 0 Å². The number of amides is 2. The van der Waals surface area contributed by atoms with Gasteiger partial charge < -0.3 is 9.15 Å². The number of ether oxygens (including phenoxy) is 1. The minimum atomic E-state index is -0.700. The first kappa shape index (κ1) is 16.9. The van der Waals surface area contributed by atoms with Gasteiger partial charge in [0.25, 0.3) is 0 Å². The molecule has 2 N–H and O–H groups in total. The summed E-state index contributed by atoms with van der Waals surface area (Å²) in [6.07, 6.45) is 0.976. The highest BCUT2D eigenvalue weighted by Gasteiger charge is 2.17. The van der Waals surface area contributed by atoms with Crippen LogP contribution >= 0.6 is 0 Å². The number of carbonyl (C=O) groups is 2. The SMILES string of the molecule is Cc1ccc2c(CC(=O)NNC(=O)OC(C)(C)C)coc2c1C. The van der Waals surface area contributed by atoms with Crippen LogP contribution in [0, 0.1) is 13.8 Å². The smallest absolute Gasteiger partial charge is 0.426 e. The van der Waals surface area contributed by atoms with E-state index in [2.05, 4.69) is 10.9 Å². The lowest BCUT2D eigenvalue weighted by Gasteiger charge is -2.19. The molecular weight excluding hydrogens is 296 g/mol. The molecule has 6 nitrogen and oxygen atoms in total. The number of hydrazine groups is 1. The van der Waals surface area contributed by atoms with Gasteiger partial charge in [0.05, 0.1) is 12.7 Å². The van der Waals surface area contributed by atoms with Crippen molar-refractivity contribution in [2.75, 3.05) is 0 Å². The zero-order valence-corrected chi connectivity index (χ0v) is 14.1. The van der Waals surface area contributed by atoms with E-state index in [-0.39, 0.29) is 12.3 Å². The molecule has 0 radical (unpaired) electrons. The Kier molecular flexibility index (Phi) is 4.63. The molecule has 1 aromatic carbocycles. The van der Waals surface area contributed by atoms with Gasteiger partial charge in [0.2, 0.25) is 5.91 Å². The lowest BCUT2D eigenvalue weighted by Crippen LogP contribution is -2.44. The molecule has 0 unspecified atom stereocenters. The maximum atomic E-state index is 12.0. The molecule has 0 saturated heterocycles. The van der Waals surface area contributed by atoms with Gasteiger partial charge in [-0.3, -0.25) is 10.2 Å². The summed E-state index contributed by atoms with van der Waals surface area (Å²) >= 11 is 0. The van der Waals surface area contributed by atoms with Crippen molar-refractivity contribution in [3.05, 3.63) is 35.1 Å². The normalized spacial score (nSPS) is 11.3. The molecule has 2 rings (SSSR count). The zero-order valence-electron chi connectivity index (χ0n) is 14.1. The minimum absolute atomic E-state index is 0.102. The highest BCUT2D eigenvalue weighted by Crippen LogP contribution is 2.26. The van der Waals surface area contributed by atoms with Gasteiger partial charge in [-0.05, 0) is 45.7 Å². The summed E-state index contributed by atoms with van der Waals surface area (Å²) in [7, 11) is 0. The van der Waals surface area contributed by atoms with E-state index < -0.39 is 11.7 Å². The highest BCUT2D eigenvalue weighted by atomic mass is 16.6. The fourth-order valence-electron chi connectivity index (χ4n) is 2.17. The van der Waals surface area contributed by atoms with E-state index in [9.17, 15) is 9.59 Å². The number of benzene rings is 1. The number of aryl methyl sites for hydroxylation is 2. The molecule has 0 fully saturated rings. The standard InChI is InChI=1S/C17H22N2O4/c1-10-6-7-13-12(9-22-15(13)11(10)2)8-14(20)18-19-16(21)23-17(3,4)5/h6-7,9H,8H2,1-5H3,(H,18,20)(H,19,21). The summed E-state index contributed by atoms with van der Waals surface area (Å²) in [6, 6.07) is 3.93.